The van der Waals surface area contributed by atoms with Crippen LogP contribution in [0.25, 0.3) is 0 Å². The van der Waals surface area contributed by atoms with E-state index in [0.29, 0.717) is 11.3 Å². The standard InChI is InChI=1S/C21H25NO5/c1-16(2)22(21(25)27-14-18-6-4-3-5-7-18)12-19(24)15-26-20-10-8-17(13-23)9-11-20/h3-11,13,16,19,24H,12,14-15H2,1-2H3. The van der Waals surface area contributed by atoms with Gasteiger partial charge >= 0.3 is 6.09 Å². The fourth-order valence-electron chi connectivity index (χ4n) is 2.41. The minimum atomic E-state index is -0.873. The second kappa shape index (κ2) is 10.3. The summed E-state index contributed by atoms with van der Waals surface area (Å²) in [6.45, 7) is 4.01. The average Bonchev–Trinajstić information content (AvgIpc) is 2.69. The lowest BCUT2D eigenvalue weighted by atomic mass is 10.2. The number of carbonyl (C=O) groups excluding carboxylic acids is 2. The Kier molecular flexibility index (Phi) is 7.82. The molecule has 0 fully saturated rings. The molecule has 0 heterocycles. The molecule has 0 aromatic heterocycles. The highest BCUT2D eigenvalue weighted by molar-refractivity contribution is 5.74. The van der Waals surface area contributed by atoms with Gasteiger partial charge < -0.3 is 19.5 Å². The maximum atomic E-state index is 12.4. The van der Waals surface area contributed by atoms with E-state index in [2.05, 4.69) is 0 Å². The number of aliphatic hydroxyl groups is 1. The van der Waals surface area contributed by atoms with Crippen molar-refractivity contribution in [1.29, 1.82) is 0 Å². The number of benzene rings is 2. The van der Waals surface area contributed by atoms with Crippen molar-refractivity contribution < 1.29 is 24.2 Å². The summed E-state index contributed by atoms with van der Waals surface area (Å²) in [5, 5.41) is 10.2. The Morgan fingerprint density at radius 3 is 2.37 bits per heavy atom. The molecule has 2 rings (SSSR count). The fourth-order valence-corrected chi connectivity index (χ4v) is 2.41. The molecule has 0 aliphatic rings. The van der Waals surface area contributed by atoms with Crippen LogP contribution in [0.3, 0.4) is 0 Å². The van der Waals surface area contributed by atoms with Gasteiger partial charge in [-0.25, -0.2) is 4.79 Å². The number of ether oxygens (including phenoxy) is 2. The lowest BCUT2D eigenvalue weighted by Crippen LogP contribution is -2.43. The van der Waals surface area contributed by atoms with Gasteiger partial charge in [0, 0.05) is 11.6 Å². The topological polar surface area (TPSA) is 76.1 Å². The first-order chi connectivity index (χ1) is 13.0. The zero-order valence-electron chi connectivity index (χ0n) is 15.6. The van der Waals surface area contributed by atoms with E-state index in [9.17, 15) is 14.7 Å². The number of amides is 1. The van der Waals surface area contributed by atoms with Crippen molar-refractivity contribution >= 4 is 12.4 Å². The molecule has 1 N–H and O–H groups in total. The van der Waals surface area contributed by atoms with Crippen molar-refractivity contribution in [3.8, 4) is 5.75 Å². The fraction of sp³-hybridized carbons (Fsp3) is 0.333. The summed E-state index contributed by atoms with van der Waals surface area (Å²) < 4.78 is 10.9. The zero-order chi connectivity index (χ0) is 19.6. The lowest BCUT2D eigenvalue weighted by molar-refractivity contribution is 0.0401. The maximum Gasteiger partial charge on any atom is 0.410 e. The van der Waals surface area contributed by atoms with Gasteiger partial charge in [-0.05, 0) is 43.7 Å². The third-order valence-electron chi connectivity index (χ3n) is 3.93. The van der Waals surface area contributed by atoms with Crippen LogP contribution in [0.4, 0.5) is 4.79 Å². The van der Waals surface area contributed by atoms with Crippen molar-refractivity contribution in [2.45, 2.75) is 32.6 Å². The molecule has 0 saturated carbocycles. The summed E-state index contributed by atoms with van der Waals surface area (Å²) in [5.74, 6) is 0.544. The van der Waals surface area contributed by atoms with Crippen LogP contribution in [0.5, 0.6) is 5.75 Å². The van der Waals surface area contributed by atoms with E-state index in [1.807, 2.05) is 44.2 Å². The molecule has 1 unspecified atom stereocenters. The van der Waals surface area contributed by atoms with Crippen molar-refractivity contribution in [2.75, 3.05) is 13.2 Å². The third-order valence-corrected chi connectivity index (χ3v) is 3.93. The molecule has 2 aromatic carbocycles. The molecule has 1 amide bonds. The molecule has 0 aliphatic carbocycles. The van der Waals surface area contributed by atoms with E-state index in [4.69, 9.17) is 9.47 Å². The quantitative estimate of drug-likeness (QED) is 0.685. The minimum absolute atomic E-state index is 0.0234. The Morgan fingerprint density at radius 1 is 1.11 bits per heavy atom. The van der Waals surface area contributed by atoms with Gasteiger partial charge in [0.1, 0.15) is 31.4 Å². The Hall–Kier alpha value is -2.86. The molecule has 2 aromatic rings. The van der Waals surface area contributed by atoms with Crippen LogP contribution >= 0.6 is 0 Å². The van der Waals surface area contributed by atoms with Crippen LogP contribution in [0.15, 0.2) is 54.6 Å². The molecule has 27 heavy (non-hydrogen) atoms. The summed E-state index contributed by atoms with van der Waals surface area (Å²) >= 11 is 0. The molecule has 144 valence electrons. The first-order valence-corrected chi connectivity index (χ1v) is 8.83. The van der Waals surface area contributed by atoms with Gasteiger partial charge in [-0.3, -0.25) is 4.79 Å². The van der Waals surface area contributed by atoms with Gasteiger partial charge in [0.15, 0.2) is 0 Å². The number of aliphatic hydroxyl groups excluding tert-OH is 1. The summed E-state index contributed by atoms with van der Waals surface area (Å²) in [4.78, 5) is 24.5. The highest BCUT2D eigenvalue weighted by Crippen LogP contribution is 2.12. The Morgan fingerprint density at radius 2 is 1.78 bits per heavy atom. The molecule has 0 saturated heterocycles. The normalized spacial score (nSPS) is 11.7. The first kappa shape index (κ1) is 20.5. The highest BCUT2D eigenvalue weighted by atomic mass is 16.6. The molecule has 0 spiro atoms. The van der Waals surface area contributed by atoms with Gasteiger partial charge in [-0.2, -0.15) is 0 Å². The SMILES string of the molecule is CC(C)N(CC(O)COc1ccc(C=O)cc1)C(=O)OCc1ccccc1. The largest absolute Gasteiger partial charge is 0.491 e. The highest BCUT2D eigenvalue weighted by Gasteiger charge is 2.22. The van der Waals surface area contributed by atoms with Crippen LogP contribution in [0.1, 0.15) is 29.8 Å². The smallest absolute Gasteiger partial charge is 0.410 e. The monoisotopic (exact) mass is 371 g/mol. The minimum Gasteiger partial charge on any atom is -0.491 e. The van der Waals surface area contributed by atoms with Crippen LogP contribution in [0.2, 0.25) is 0 Å². The summed E-state index contributed by atoms with van der Waals surface area (Å²) in [7, 11) is 0. The maximum absolute atomic E-state index is 12.4. The van der Waals surface area contributed by atoms with E-state index in [1.165, 1.54) is 4.90 Å². The third kappa shape index (κ3) is 6.75. The molecule has 0 bridgehead atoms. The van der Waals surface area contributed by atoms with E-state index >= 15 is 0 Å². The Labute approximate surface area is 159 Å². The Bertz CT molecular complexity index is 715. The van der Waals surface area contributed by atoms with Gasteiger partial charge in [0.25, 0.3) is 0 Å². The molecule has 1 atom stereocenters. The van der Waals surface area contributed by atoms with Gasteiger partial charge in [0.05, 0.1) is 6.54 Å². The summed E-state index contributed by atoms with van der Waals surface area (Å²) in [6.07, 6.45) is -0.606. The van der Waals surface area contributed by atoms with E-state index in [1.54, 1.807) is 24.3 Å². The number of nitrogens with zero attached hydrogens (tertiary/aromatic N) is 1. The molecule has 0 aliphatic heterocycles. The molecular weight excluding hydrogens is 346 g/mol. The lowest BCUT2D eigenvalue weighted by Gasteiger charge is -2.28. The Balaban J connectivity index is 1.84. The van der Waals surface area contributed by atoms with Gasteiger partial charge in [-0.15, -0.1) is 0 Å². The van der Waals surface area contributed by atoms with Crippen LogP contribution in [-0.2, 0) is 11.3 Å². The summed E-state index contributed by atoms with van der Waals surface area (Å²) in [6, 6.07) is 15.9. The number of carbonyl (C=O) groups is 2. The number of aldehydes is 1. The zero-order valence-corrected chi connectivity index (χ0v) is 15.6. The van der Waals surface area contributed by atoms with Crippen molar-refractivity contribution in [2.24, 2.45) is 0 Å². The molecule has 0 radical (unpaired) electrons. The van der Waals surface area contributed by atoms with Gasteiger partial charge in [0.2, 0.25) is 0 Å². The number of hydrogen-bond donors (Lipinski definition) is 1. The predicted molar refractivity (Wildman–Crippen MR) is 102 cm³/mol. The van der Waals surface area contributed by atoms with Crippen LogP contribution in [0, 0.1) is 0 Å². The van der Waals surface area contributed by atoms with Crippen molar-refractivity contribution in [3.05, 3.63) is 65.7 Å². The van der Waals surface area contributed by atoms with Crippen LogP contribution < -0.4 is 4.74 Å². The van der Waals surface area contributed by atoms with E-state index in [0.717, 1.165) is 11.8 Å². The molecular formula is C21H25NO5. The average molecular weight is 371 g/mol. The van der Waals surface area contributed by atoms with Gasteiger partial charge in [-0.1, -0.05) is 30.3 Å². The summed E-state index contributed by atoms with van der Waals surface area (Å²) in [5.41, 5.74) is 1.45. The second-order valence-corrected chi connectivity index (χ2v) is 6.44. The molecule has 6 nitrogen and oxygen atoms in total. The molecule has 6 heteroatoms. The predicted octanol–water partition coefficient (Wildman–Crippen LogP) is 3.29. The second-order valence-electron chi connectivity index (χ2n) is 6.44. The van der Waals surface area contributed by atoms with Crippen molar-refractivity contribution in [3.63, 3.8) is 0 Å². The van der Waals surface area contributed by atoms with E-state index in [-0.39, 0.29) is 25.8 Å². The first-order valence-electron chi connectivity index (χ1n) is 8.83. The number of rotatable bonds is 9. The number of hydrogen-bond acceptors (Lipinski definition) is 5. The van der Waals surface area contributed by atoms with Crippen LogP contribution in [-0.4, -0.2) is 47.7 Å². The van der Waals surface area contributed by atoms with E-state index < -0.39 is 12.2 Å². The van der Waals surface area contributed by atoms with Crippen molar-refractivity contribution in [1.82, 2.24) is 4.90 Å².